The number of fused-ring (bicyclic) bond motifs is 2. The van der Waals surface area contributed by atoms with Crippen molar-refractivity contribution in [3.63, 3.8) is 0 Å². The van der Waals surface area contributed by atoms with Crippen LogP contribution in [-0.4, -0.2) is 51.6 Å². The van der Waals surface area contributed by atoms with Crippen molar-refractivity contribution in [1.82, 2.24) is 20.2 Å². The maximum Gasteiger partial charge on any atom is 0.195 e. The number of morpholine rings is 1. The molecule has 0 amide bonds. The maximum absolute atomic E-state index is 9.94. The van der Waals surface area contributed by atoms with Gasteiger partial charge in [0, 0.05) is 30.1 Å². The molecule has 0 bridgehead atoms. The molecule has 4 heterocycles. The molecule has 1 fully saturated rings. The Morgan fingerprint density at radius 3 is 2.89 bits per heavy atom. The Morgan fingerprint density at radius 2 is 2.07 bits per heavy atom. The number of rotatable bonds is 3. The summed E-state index contributed by atoms with van der Waals surface area (Å²) in [6.45, 7) is 4.41. The third kappa shape index (κ3) is 2.73. The van der Waals surface area contributed by atoms with E-state index in [0.29, 0.717) is 35.9 Å². The SMILES string of the molecule is C[C@@H](O)c1cc2nc(-c3cccc4[nH]ncc34)nc(N3CCOCC3)c2o1. The Bertz CT molecular complexity index is 1110. The molecule has 0 unspecified atom stereocenters. The summed E-state index contributed by atoms with van der Waals surface area (Å²) in [5, 5.41) is 18.0. The topological polar surface area (TPSA) is 100 Å². The van der Waals surface area contributed by atoms with Gasteiger partial charge < -0.3 is 19.2 Å². The summed E-state index contributed by atoms with van der Waals surface area (Å²) < 4.78 is 11.4. The normalized spacial score (nSPS) is 16.3. The number of nitrogens with zero attached hydrogens (tertiary/aromatic N) is 4. The second kappa shape index (κ2) is 6.33. The zero-order valence-corrected chi connectivity index (χ0v) is 14.8. The number of anilines is 1. The molecule has 1 atom stereocenters. The van der Waals surface area contributed by atoms with Gasteiger partial charge in [-0.2, -0.15) is 5.10 Å². The van der Waals surface area contributed by atoms with Crippen LogP contribution in [0.3, 0.4) is 0 Å². The van der Waals surface area contributed by atoms with Crippen LogP contribution < -0.4 is 4.90 Å². The van der Waals surface area contributed by atoms with Gasteiger partial charge in [-0.15, -0.1) is 0 Å². The summed E-state index contributed by atoms with van der Waals surface area (Å²) in [6.07, 6.45) is 1.07. The fourth-order valence-corrected chi connectivity index (χ4v) is 3.41. The van der Waals surface area contributed by atoms with E-state index in [2.05, 4.69) is 15.1 Å². The number of benzene rings is 1. The highest BCUT2D eigenvalue weighted by molar-refractivity contribution is 5.95. The molecule has 1 aliphatic heterocycles. The fraction of sp³-hybridized carbons (Fsp3) is 0.316. The van der Waals surface area contributed by atoms with Crippen molar-refractivity contribution in [1.29, 1.82) is 0 Å². The van der Waals surface area contributed by atoms with Gasteiger partial charge in [-0.3, -0.25) is 5.10 Å². The Balaban J connectivity index is 1.74. The molecular formula is C19H19N5O3. The molecule has 4 aromatic rings. The Labute approximate surface area is 154 Å². The molecule has 3 aromatic heterocycles. The molecule has 2 N–H and O–H groups in total. The Hall–Kier alpha value is -2.97. The van der Waals surface area contributed by atoms with Crippen LogP contribution in [0.2, 0.25) is 0 Å². The van der Waals surface area contributed by atoms with Gasteiger partial charge in [0.1, 0.15) is 17.4 Å². The van der Waals surface area contributed by atoms with Crippen LogP contribution in [0.4, 0.5) is 5.82 Å². The monoisotopic (exact) mass is 365 g/mol. The molecule has 1 saturated heterocycles. The maximum atomic E-state index is 9.94. The Kier molecular flexibility index (Phi) is 3.80. The first-order valence-corrected chi connectivity index (χ1v) is 8.95. The lowest BCUT2D eigenvalue weighted by molar-refractivity contribution is 0.122. The van der Waals surface area contributed by atoms with Crippen molar-refractivity contribution >= 4 is 27.8 Å². The first-order chi connectivity index (χ1) is 13.2. The molecule has 8 heteroatoms. The zero-order valence-electron chi connectivity index (χ0n) is 14.8. The molecule has 0 saturated carbocycles. The number of ether oxygens (including phenoxy) is 1. The van der Waals surface area contributed by atoms with Crippen LogP contribution in [-0.2, 0) is 4.74 Å². The van der Waals surface area contributed by atoms with Gasteiger partial charge in [-0.05, 0) is 13.0 Å². The van der Waals surface area contributed by atoms with E-state index in [0.717, 1.165) is 35.4 Å². The average Bonchev–Trinajstić information content (AvgIpc) is 3.34. The predicted octanol–water partition coefficient (Wildman–Crippen LogP) is 2.66. The smallest absolute Gasteiger partial charge is 0.195 e. The zero-order chi connectivity index (χ0) is 18.4. The van der Waals surface area contributed by atoms with Gasteiger partial charge in [0.05, 0.1) is 24.9 Å². The summed E-state index contributed by atoms with van der Waals surface area (Å²) in [4.78, 5) is 11.7. The predicted molar refractivity (Wildman–Crippen MR) is 101 cm³/mol. The summed E-state index contributed by atoms with van der Waals surface area (Å²) in [6, 6.07) is 7.69. The molecule has 8 nitrogen and oxygen atoms in total. The molecular weight excluding hydrogens is 346 g/mol. The van der Waals surface area contributed by atoms with Crippen molar-refractivity contribution in [3.05, 3.63) is 36.2 Å². The number of aliphatic hydroxyl groups is 1. The van der Waals surface area contributed by atoms with E-state index >= 15 is 0 Å². The van der Waals surface area contributed by atoms with Crippen LogP contribution >= 0.6 is 0 Å². The van der Waals surface area contributed by atoms with Gasteiger partial charge in [0.2, 0.25) is 0 Å². The van der Waals surface area contributed by atoms with E-state index in [1.54, 1.807) is 19.2 Å². The molecule has 1 aromatic carbocycles. The van der Waals surface area contributed by atoms with Gasteiger partial charge in [0.25, 0.3) is 0 Å². The van der Waals surface area contributed by atoms with Crippen LogP contribution in [0.5, 0.6) is 0 Å². The van der Waals surface area contributed by atoms with Gasteiger partial charge in [-0.1, -0.05) is 12.1 Å². The molecule has 0 aliphatic carbocycles. The summed E-state index contributed by atoms with van der Waals surface area (Å²) in [7, 11) is 0. The van der Waals surface area contributed by atoms with Crippen molar-refractivity contribution in [2.75, 3.05) is 31.2 Å². The number of aromatic nitrogens is 4. The first kappa shape index (κ1) is 16.2. The molecule has 0 radical (unpaired) electrons. The number of aromatic amines is 1. The van der Waals surface area contributed by atoms with E-state index < -0.39 is 6.10 Å². The third-order valence-corrected chi connectivity index (χ3v) is 4.82. The van der Waals surface area contributed by atoms with Crippen molar-refractivity contribution in [2.24, 2.45) is 0 Å². The molecule has 27 heavy (non-hydrogen) atoms. The highest BCUT2D eigenvalue weighted by Gasteiger charge is 2.23. The van der Waals surface area contributed by atoms with Crippen molar-refractivity contribution < 1.29 is 14.3 Å². The minimum Gasteiger partial charge on any atom is -0.453 e. The number of hydrogen-bond donors (Lipinski definition) is 2. The minimum absolute atomic E-state index is 0.479. The van der Waals surface area contributed by atoms with E-state index in [4.69, 9.17) is 19.1 Å². The van der Waals surface area contributed by atoms with Gasteiger partial charge >= 0.3 is 0 Å². The fourth-order valence-electron chi connectivity index (χ4n) is 3.41. The lowest BCUT2D eigenvalue weighted by atomic mass is 10.1. The first-order valence-electron chi connectivity index (χ1n) is 8.95. The lowest BCUT2D eigenvalue weighted by Gasteiger charge is -2.27. The van der Waals surface area contributed by atoms with Crippen LogP contribution in [0, 0.1) is 0 Å². The largest absolute Gasteiger partial charge is 0.453 e. The molecule has 1 aliphatic rings. The highest BCUT2D eigenvalue weighted by Crippen LogP contribution is 2.34. The van der Waals surface area contributed by atoms with Crippen molar-refractivity contribution in [2.45, 2.75) is 13.0 Å². The standard InChI is InChI=1S/C19H19N5O3/c1-11(25)16-9-15-17(27-16)19(24-5-7-26-8-6-24)22-18(21-15)12-3-2-4-14-13(12)10-20-23-14/h2-4,9-11,25H,5-8H2,1H3,(H,20,23)/t11-/m1/s1. The van der Waals surface area contributed by atoms with Crippen LogP contribution in [0.1, 0.15) is 18.8 Å². The summed E-state index contributed by atoms with van der Waals surface area (Å²) in [5.41, 5.74) is 3.10. The third-order valence-electron chi connectivity index (χ3n) is 4.82. The number of furan rings is 1. The number of nitrogens with one attached hydrogen (secondary N) is 1. The Morgan fingerprint density at radius 1 is 1.22 bits per heavy atom. The van der Waals surface area contributed by atoms with Crippen LogP contribution in [0.15, 0.2) is 34.9 Å². The highest BCUT2D eigenvalue weighted by atomic mass is 16.5. The second-order valence-corrected chi connectivity index (χ2v) is 6.65. The quantitative estimate of drug-likeness (QED) is 0.576. The second-order valence-electron chi connectivity index (χ2n) is 6.65. The summed E-state index contributed by atoms with van der Waals surface area (Å²) >= 11 is 0. The number of H-pyrrole nitrogens is 1. The summed E-state index contributed by atoms with van der Waals surface area (Å²) in [5.74, 6) is 1.81. The average molecular weight is 365 g/mol. The number of hydrogen-bond acceptors (Lipinski definition) is 7. The molecule has 0 spiro atoms. The van der Waals surface area contributed by atoms with Gasteiger partial charge in [-0.25, -0.2) is 9.97 Å². The van der Waals surface area contributed by atoms with E-state index in [1.165, 1.54) is 0 Å². The van der Waals surface area contributed by atoms with Crippen molar-refractivity contribution in [3.8, 4) is 11.4 Å². The van der Waals surface area contributed by atoms with Crippen LogP contribution in [0.25, 0.3) is 33.4 Å². The van der Waals surface area contributed by atoms with E-state index in [1.807, 2.05) is 18.2 Å². The minimum atomic E-state index is -0.711. The lowest BCUT2D eigenvalue weighted by Crippen LogP contribution is -2.37. The van der Waals surface area contributed by atoms with Gasteiger partial charge in [0.15, 0.2) is 17.2 Å². The van der Waals surface area contributed by atoms with E-state index in [9.17, 15) is 5.11 Å². The van der Waals surface area contributed by atoms with E-state index in [-0.39, 0.29) is 0 Å². The molecule has 138 valence electrons. The number of aliphatic hydroxyl groups excluding tert-OH is 1. The molecule has 5 rings (SSSR count).